The van der Waals surface area contributed by atoms with Gasteiger partial charge in [0.2, 0.25) is 0 Å². The zero-order chi connectivity index (χ0) is 21.7. The van der Waals surface area contributed by atoms with Gasteiger partial charge in [0.05, 0.1) is 24.3 Å². The fraction of sp³-hybridized carbons (Fsp3) is 0.167. The first-order valence-corrected chi connectivity index (χ1v) is 9.25. The lowest BCUT2D eigenvalue weighted by atomic mass is 9.90. The van der Waals surface area contributed by atoms with Gasteiger partial charge in [-0.1, -0.05) is 24.3 Å². The van der Waals surface area contributed by atoms with Gasteiger partial charge < -0.3 is 19.7 Å². The molecule has 0 aliphatic heterocycles. The molecule has 6 heteroatoms. The van der Waals surface area contributed by atoms with Crippen LogP contribution >= 0.6 is 0 Å². The van der Waals surface area contributed by atoms with Gasteiger partial charge in [0.1, 0.15) is 0 Å². The first kappa shape index (κ1) is 21.2. The molecule has 0 aliphatic carbocycles. The molecule has 6 nitrogen and oxygen atoms in total. The summed E-state index contributed by atoms with van der Waals surface area (Å²) >= 11 is 0. The summed E-state index contributed by atoms with van der Waals surface area (Å²) in [6.07, 6.45) is 0. The third-order valence-electron chi connectivity index (χ3n) is 4.81. The molecule has 3 aromatic carbocycles. The van der Waals surface area contributed by atoms with E-state index in [9.17, 15) is 9.59 Å². The SMILES string of the molecule is COCc1cc(-c2ccc(C(=O)O)cc2)c(COC)cc1-c1ccc(C(=O)O)cc1. The predicted octanol–water partition coefficient (Wildman–Crippen LogP) is 4.71. The predicted molar refractivity (Wildman–Crippen MR) is 113 cm³/mol. The van der Waals surface area contributed by atoms with Gasteiger partial charge in [-0.25, -0.2) is 9.59 Å². The number of carboxylic acid groups (broad SMARTS) is 2. The molecule has 0 saturated carbocycles. The van der Waals surface area contributed by atoms with E-state index in [0.717, 1.165) is 33.4 Å². The Hall–Kier alpha value is -3.48. The maximum Gasteiger partial charge on any atom is 0.335 e. The Balaban J connectivity index is 2.13. The smallest absolute Gasteiger partial charge is 0.335 e. The molecule has 0 saturated heterocycles. The van der Waals surface area contributed by atoms with Crippen LogP contribution in [0.25, 0.3) is 22.3 Å². The van der Waals surface area contributed by atoms with Crippen molar-refractivity contribution in [3.05, 3.63) is 82.9 Å². The lowest BCUT2D eigenvalue weighted by molar-refractivity contribution is 0.0686. The number of ether oxygens (including phenoxy) is 2. The van der Waals surface area contributed by atoms with Crippen molar-refractivity contribution in [2.75, 3.05) is 14.2 Å². The third-order valence-corrected chi connectivity index (χ3v) is 4.81. The summed E-state index contributed by atoms with van der Waals surface area (Å²) in [6, 6.07) is 17.4. The normalized spacial score (nSPS) is 10.7. The summed E-state index contributed by atoms with van der Waals surface area (Å²) < 4.78 is 10.8. The van der Waals surface area contributed by atoms with Gasteiger partial charge in [-0.05, 0) is 69.8 Å². The first-order valence-electron chi connectivity index (χ1n) is 9.25. The van der Waals surface area contributed by atoms with Crippen LogP contribution in [-0.2, 0) is 22.7 Å². The van der Waals surface area contributed by atoms with E-state index in [1.54, 1.807) is 62.8 Å². The van der Waals surface area contributed by atoms with Gasteiger partial charge in [-0.15, -0.1) is 0 Å². The average molecular weight is 406 g/mol. The minimum Gasteiger partial charge on any atom is -0.478 e. The van der Waals surface area contributed by atoms with E-state index in [0.29, 0.717) is 13.2 Å². The van der Waals surface area contributed by atoms with Gasteiger partial charge in [-0.3, -0.25) is 0 Å². The number of carboxylic acids is 2. The van der Waals surface area contributed by atoms with E-state index in [1.807, 2.05) is 12.1 Å². The van der Waals surface area contributed by atoms with Crippen LogP contribution in [0.5, 0.6) is 0 Å². The standard InChI is InChI=1S/C24H22O6/c1-29-13-19-11-22(16-5-9-18(10-6-16)24(27)28)20(14-30-2)12-21(19)15-3-7-17(8-4-15)23(25)26/h3-12H,13-14H2,1-2H3,(H,25,26)(H,27,28). The third kappa shape index (κ3) is 4.56. The Bertz CT molecular complexity index is 965. The average Bonchev–Trinajstić information content (AvgIpc) is 2.75. The minimum atomic E-state index is -0.973. The molecule has 0 aromatic heterocycles. The lowest BCUT2D eigenvalue weighted by Crippen LogP contribution is -2.01. The van der Waals surface area contributed by atoms with Crippen molar-refractivity contribution in [2.24, 2.45) is 0 Å². The number of methoxy groups -OCH3 is 2. The number of hydrogen-bond donors (Lipinski definition) is 2. The van der Waals surface area contributed by atoms with Crippen LogP contribution in [-0.4, -0.2) is 36.4 Å². The molecule has 0 amide bonds. The first-order chi connectivity index (χ1) is 14.4. The second-order valence-corrected chi connectivity index (χ2v) is 6.80. The minimum absolute atomic E-state index is 0.222. The molecule has 0 radical (unpaired) electrons. The van der Waals surface area contributed by atoms with Crippen LogP contribution in [0.1, 0.15) is 31.8 Å². The van der Waals surface area contributed by atoms with Gasteiger partial charge in [0, 0.05) is 14.2 Å². The van der Waals surface area contributed by atoms with Crippen LogP contribution in [0.15, 0.2) is 60.7 Å². The summed E-state index contributed by atoms with van der Waals surface area (Å²) in [4.78, 5) is 22.3. The summed E-state index contributed by atoms with van der Waals surface area (Å²) in [5, 5.41) is 18.3. The van der Waals surface area contributed by atoms with E-state index in [4.69, 9.17) is 19.7 Å². The van der Waals surface area contributed by atoms with Gasteiger partial charge >= 0.3 is 11.9 Å². The van der Waals surface area contributed by atoms with E-state index in [-0.39, 0.29) is 11.1 Å². The molecule has 0 heterocycles. The van der Waals surface area contributed by atoms with Crippen LogP contribution < -0.4 is 0 Å². The Morgan fingerprint density at radius 2 is 1.00 bits per heavy atom. The fourth-order valence-electron chi connectivity index (χ4n) is 3.36. The molecular weight excluding hydrogens is 384 g/mol. The van der Waals surface area contributed by atoms with Crippen molar-refractivity contribution >= 4 is 11.9 Å². The summed E-state index contributed by atoms with van der Waals surface area (Å²) in [5.74, 6) is -1.95. The summed E-state index contributed by atoms with van der Waals surface area (Å²) in [5.41, 5.74) is 5.89. The Labute approximate surface area is 174 Å². The molecule has 30 heavy (non-hydrogen) atoms. The number of rotatable bonds is 8. The highest BCUT2D eigenvalue weighted by Crippen LogP contribution is 2.34. The second kappa shape index (κ2) is 9.35. The van der Waals surface area contributed by atoms with E-state index < -0.39 is 11.9 Å². The summed E-state index contributed by atoms with van der Waals surface area (Å²) in [6.45, 7) is 0.729. The molecule has 0 fully saturated rings. The highest BCUT2D eigenvalue weighted by atomic mass is 16.5. The largest absolute Gasteiger partial charge is 0.478 e. The number of carbonyl (C=O) groups is 2. The molecule has 154 valence electrons. The number of hydrogen-bond acceptors (Lipinski definition) is 4. The quantitative estimate of drug-likeness (QED) is 0.563. The van der Waals surface area contributed by atoms with Crippen LogP contribution in [0.3, 0.4) is 0 Å². The zero-order valence-electron chi connectivity index (χ0n) is 16.7. The van der Waals surface area contributed by atoms with Gasteiger partial charge in [0.25, 0.3) is 0 Å². The number of aromatic carboxylic acids is 2. The lowest BCUT2D eigenvalue weighted by Gasteiger charge is -2.17. The fourth-order valence-corrected chi connectivity index (χ4v) is 3.36. The highest BCUT2D eigenvalue weighted by Gasteiger charge is 2.14. The van der Waals surface area contributed by atoms with Gasteiger partial charge in [-0.2, -0.15) is 0 Å². The molecular formula is C24H22O6. The van der Waals surface area contributed by atoms with E-state index in [2.05, 4.69) is 0 Å². The van der Waals surface area contributed by atoms with Crippen molar-refractivity contribution in [1.82, 2.24) is 0 Å². The highest BCUT2D eigenvalue weighted by molar-refractivity contribution is 5.89. The Kier molecular flexibility index (Phi) is 6.61. The van der Waals surface area contributed by atoms with Crippen molar-refractivity contribution in [3.63, 3.8) is 0 Å². The molecule has 3 rings (SSSR count). The molecule has 0 bridgehead atoms. The van der Waals surface area contributed by atoms with Crippen molar-refractivity contribution in [3.8, 4) is 22.3 Å². The maximum atomic E-state index is 11.2. The van der Waals surface area contributed by atoms with E-state index in [1.165, 1.54) is 0 Å². The molecule has 0 aliphatic rings. The monoisotopic (exact) mass is 406 g/mol. The molecule has 0 unspecified atom stereocenters. The molecule has 2 N–H and O–H groups in total. The van der Waals surface area contributed by atoms with Crippen molar-refractivity contribution in [2.45, 2.75) is 13.2 Å². The van der Waals surface area contributed by atoms with Crippen LogP contribution in [0, 0.1) is 0 Å². The number of benzene rings is 3. The van der Waals surface area contributed by atoms with Crippen LogP contribution in [0.2, 0.25) is 0 Å². The Morgan fingerprint density at radius 3 is 1.27 bits per heavy atom. The van der Waals surface area contributed by atoms with Crippen LogP contribution in [0.4, 0.5) is 0 Å². The van der Waals surface area contributed by atoms with Crippen molar-refractivity contribution < 1.29 is 29.3 Å². The second-order valence-electron chi connectivity index (χ2n) is 6.80. The molecule has 3 aromatic rings. The zero-order valence-corrected chi connectivity index (χ0v) is 16.7. The summed E-state index contributed by atoms with van der Waals surface area (Å²) in [7, 11) is 3.23. The molecule has 0 atom stereocenters. The van der Waals surface area contributed by atoms with E-state index >= 15 is 0 Å². The maximum absolute atomic E-state index is 11.2. The molecule has 0 spiro atoms. The van der Waals surface area contributed by atoms with Gasteiger partial charge in [0.15, 0.2) is 0 Å². The topological polar surface area (TPSA) is 93.1 Å². The van der Waals surface area contributed by atoms with Crippen molar-refractivity contribution in [1.29, 1.82) is 0 Å². The Morgan fingerprint density at radius 1 is 0.667 bits per heavy atom.